The van der Waals surface area contributed by atoms with E-state index in [1.165, 1.54) is 25.7 Å². The topological polar surface area (TPSA) is 66.8 Å². The third-order valence-electron chi connectivity index (χ3n) is 7.00. The summed E-state index contributed by atoms with van der Waals surface area (Å²) < 4.78 is 7.77. The highest BCUT2D eigenvalue weighted by atomic mass is 32.2. The maximum atomic E-state index is 13.7. The number of thioether (sulfide) groups is 1. The van der Waals surface area contributed by atoms with Gasteiger partial charge in [-0.2, -0.15) is 0 Å². The Kier molecular flexibility index (Phi) is 9.14. The summed E-state index contributed by atoms with van der Waals surface area (Å²) in [5, 5.41) is 5.19. The highest BCUT2D eigenvalue weighted by molar-refractivity contribution is 8.00. The Morgan fingerprint density at radius 2 is 1.89 bits per heavy atom. The van der Waals surface area contributed by atoms with E-state index in [1.807, 2.05) is 37.9 Å². The van der Waals surface area contributed by atoms with Crippen molar-refractivity contribution in [3.8, 4) is 0 Å². The molecule has 1 unspecified atom stereocenters. The molecule has 1 fully saturated rings. The zero-order valence-electron chi connectivity index (χ0n) is 21.4. The zero-order valence-corrected chi connectivity index (χ0v) is 22.2. The first kappa shape index (κ1) is 26.0. The van der Waals surface area contributed by atoms with Crippen LogP contribution in [0.25, 0.3) is 10.9 Å². The SMILES string of the molecule is CC(C)OCCCNC(=O)C1c2c(n(C)c3ccccc23)SCC(=O)N1CCN1CCCCCC1. The molecule has 2 aliphatic heterocycles. The van der Waals surface area contributed by atoms with Gasteiger partial charge in [0.25, 0.3) is 0 Å². The normalized spacial score (nSPS) is 19.6. The number of nitrogens with one attached hydrogen (secondary N) is 1. The average Bonchev–Trinajstić information content (AvgIpc) is 3.03. The number of aryl methyl sites for hydroxylation is 1. The monoisotopic (exact) mass is 500 g/mol. The van der Waals surface area contributed by atoms with Crippen LogP contribution in [0.4, 0.5) is 0 Å². The highest BCUT2D eigenvalue weighted by Crippen LogP contribution is 2.41. The number of rotatable bonds is 9. The van der Waals surface area contributed by atoms with Crippen molar-refractivity contribution in [2.75, 3.05) is 45.1 Å². The highest BCUT2D eigenvalue weighted by Gasteiger charge is 2.38. The quantitative estimate of drug-likeness (QED) is 0.528. The van der Waals surface area contributed by atoms with Gasteiger partial charge in [0.1, 0.15) is 6.04 Å². The van der Waals surface area contributed by atoms with Crippen LogP contribution in [0.15, 0.2) is 29.3 Å². The summed E-state index contributed by atoms with van der Waals surface area (Å²) >= 11 is 1.55. The van der Waals surface area contributed by atoms with Crippen LogP contribution in [0.1, 0.15) is 57.6 Å². The zero-order chi connectivity index (χ0) is 24.8. The van der Waals surface area contributed by atoms with Gasteiger partial charge in [-0.1, -0.05) is 42.8 Å². The summed E-state index contributed by atoms with van der Waals surface area (Å²) in [7, 11) is 2.03. The van der Waals surface area contributed by atoms with Crippen molar-refractivity contribution >= 4 is 34.5 Å². The molecule has 35 heavy (non-hydrogen) atoms. The number of benzene rings is 1. The fourth-order valence-corrected chi connectivity index (χ4v) is 6.28. The molecule has 0 spiro atoms. The summed E-state index contributed by atoms with van der Waals surface area (Å²) in [5.41, 5.74) is 2.06. The number of aromatic nitrogens is 1. The number of carbonyl (C=O) groups excluding carboxylic acids is 2. The molecule has 2 aromatic rings. The van der Waals surface area contributed by atoms with Crippen LogP contribution < -0.4 is 5.32 Å². The van der Waals surface area contributed by atoms with Gasteiger partial charge in [0.15, 0.2) is 0 Å². The fourth-order valence-electron chi connectivity index (χ4n) is 5.19. The van der Waals surface area contributed by atoms with E-state index in [-0.39, 0.29) is 17.9 Å². The molecular weight excluding hydrogens is 460 g/mol. The summed E-state index contributed by atoms with van der Waals surface area (Å²) in [6.45, 7) is 8.68. The summed E-state index contributed by atoms with van der Waals surface area (Å²) in [6, 6.07) is 7.58. The minimum Gasteiger partial charge on any atom is -0.379 e. The number of amides is 2. The lowest BCUT2D eigenvalue weighted by Gasteiger charge is -2.32. The second-order valence-corrected chi connectivity index (χ2v) is 10.9. The van der Waals surface area contributed by atoms with Gasteiger partial charge in [0.05, 0.1) is 16.9 Å². The smallest absolute Gasteiger partial charge is 0.247 e. The van der Waals surface area contributed by atoms with E-state index in [1.54, 1.807) is 11.8 Å². The first-order valence-corrected chi connectivity index (χ1v) is 14.1. The molecule has 2 amide bonds. The number of para-hydroxylation sites is 1. The van der Waals surface area contributed by atoms with Crippen molar-refractivity contribution in [2.45, 2.75) is 63.1 Å². The van der Waals surface area contributed by atoms with Gasteiger partial charge in [0.2, 0.25) is 11.8 Å². The molecule has 3 heterocycles. The van der Waals surface area contributed by atoms with Crippen LogP contribution in [0, 0.1) is 0 Å². The van der Waals surface area contributed by atoms with Gasteiger partial charge >= 0.3 is 0 Å². The lowest BCUT2D eigenvalue weighted by atomic mass is 10.0. The van der Waals surface area contributed by atoms with Gasteiger partial charge in [-0.15, -0.1) is 0 Å². The van der Waals surface area contributed by atoms with Crippen molar-refractivity contribution in [3.05, 3.63) is 29.8 Å². The van der Waals surface area contributed by atoms with Gasteiger partial charge in [0, 0.05) is 49.8 Å². The second kappa shape index (κ2) is 12.3. The van der Waals surface area contributed by atoms with Crippen LogP contribution >= 0.6 is 11.8 Å². The van der Waals surface area contributed by atoms with Crippen molar-refractivity contribution in [1.82, 2.24) is 19.7 Å². The summed E-state index contributed by atoms with van der Waals surface area (Å²) in [4.78, 5) is 31.5. The molecule has 0 bridgehead atoms. The first-order chi connectivity index (χ1) is 17.0. The van der Waals surface area contributed by atoms with E-state index >= 15 is 0 Å². The predicted molar refractivity (Wildman–Crippen MR) is 142 cm³/mol. The Bertz CT molecular complexity index is 1010. The van der Waals surface area contributed by atoms with Crippen LogP contribution in [0.5, 0.6) is 0 Å². The molecular formula is C27H40N4O3S. The van der Waals surface area contributed by atoms with E-state index in [9.17, 15) is 9.59 Å². The predicted octanol–water partition coefficient (Wildman–Crippen LogP) is 3.96. The van der Waals surface area contributed by atoms with Crippen molar-refractivity contribution in [1.29, 1.82) is 0 Å². The molecule has 8 heteroatoms. The Morgan fingerprint density at radius 1 is 1.14 bits per heavy atom. The number of carbonyl (C=O) groups is 2. The van der Waals surface area contributed by atoms with Crippen molar-refractivity contribution < 1.29 is 14.3 Å². The molecule has 1 atom stereocenters. The minimum absolute atomic E-state index is 0.0356. The lowest BCUT2D eigenvalue weighted by molar-refractivity contribution is -0.139. The van der Waals surface area contributed by atoms with Gasteiger partial charge < -0.3 is 24.4 Å². The van der Waals surface area contributed by atoms with Gasteiger partial charge in [-0.3, -0.25) is 9.59 Å². The third-order valence-corrected chi connectivity index (χ3v) is 8.16. The first-order valence-electron chi connectivity index (χ1n) is 13.1. The molecule has 7 nitrogen and oxygen atoms in total. The van der Waals surface area contributed by atoms with E-state index in [0.29, 0.717) is 25.4 Å². The van der Waals surface area contributed by atoms with Crippen LogP contribution in [-0.2, 0) is 21.4 Å². The molecule has 1 aromatic carbocycles. The number of fused-ring (bicyclic) bond motifs is 3. The molecule has 4 rings (SSSR count). The van der Waals surface area contributed by atoms with E-state index in [4.69, 9.17) is 4.74 Å². The molecule has 1 N–H and O–H groups in total. The molecule has 0 aliphatic carbocycles. The Labute approximate surface area is 213 Å². The van der Waals surface area contributed by atoms with Crippen LogP contribution in [0.2, 0.25) is 0 Å². The largest absolute Gasteiger partial charge is 0.379 e. The summed E-state index contributed by atoms with van der Waals surface area (Å²) in [5.74, 6) is 0.288. The molecule has 0 saturated carbocycles. The number of nitrogens with zero attached hydrogens (tertiary/aromatic N) is 3. The van der Waals surface area contributed by atoms with E-state index < -0.39 is 6.04 Å². The van der Waals surface area contributed by atoms with Crippen molar-refractivity contribution in [2.24, 2.45) is 7.05 Å². The molecule has 0 radical (unpaired) electrons. The Morgan fingerprint density at radius 3 is 2.63 bits per heavy atom. The molecule has 1 saturated heterocycles. The Hall–Kier alpha value is -2.03. The maximum Gasteiger partial charge on any atom is 0.247 e. The van der Waals surface area contributed by atoms with E-state index in [2.05, 4.69) is 26.9 Å². The average molecular weight is 501 g/mol. The van der Waals surface area contributed by atoms with Crippen LogP contribution in [0.3, 0.4) is 0 Å². The Balaban J connectivity index is 1.61. The molecule has 2 aliphatic rings. The number of ether oxygens (including phenoxy) is 1. The van der Waals surface area contributed by atoms with Gasteiger partial charge in [-0.25, -0.2) is 0 Å². The van der Waals surface area contributed by atoms with E-state index in [0.717, 1.165) is 47.5 Å². The summed E-state index contributed by atoms with van der Waals surface area (Å²) in [6.07, 6.45) is 5.89. The molecule has 1 aromatic heterocycles. The number of likely N-dealkylation sites (tertiary alicyclic amines) is 1. The third kappa shape index (κ3) is 6.22. The fraction of sp³-hybridized carbons (Fsp3) is 0.630. The van der Waals surface area contributed by atoms with Crippen molar-refractivity contribution in [3.63, 3.8) is 0 Å². The number of hydrogen-bond acceptors (Lipinski definition) is 5. The van der Waals surface area contributed by atoms with Gasteiger partial charge in [-0.05, 0) is 52.3 Å². The maximum absolute atomic E-state index is 13.7. The molecule has 192 valence electrons. The van der Waals surface area contributed by atoms with Crippen LogP contribution in [-0.4, -0.2) is 77.4 Å². The second-order valence-electron chi connectivity index (χ2n) is 9.89. The standard InChI is InChI=1S/C27H40N4O3S/c1-20(2)34-18-10-13-28-26(33)25-24-21-11-6-7-12-22(21)29(3)27(24)35-19-23(32)31(25)17-16-30-14-8-4-5-9-15-30/h6-7,11-12,20,25H,4-5,8-10,13-19H2,1-3H3,(H,28,33). The lowest BCUT2D eigenvalue weighted by Crippen LogP contribution is -2.47. The minimum atomic E-state index is -0.628. The number of hydrogen-bond donors (Lipinski definition) is 1.